The van der Waals surface area contributed by atoms with E-state index >= 15 is 0 Å². The number of carbonyl (C=O) groups excluding carboxylic acids is 1. The maximum absolute atomic E-state index is 13.8. The lowest BCUT2D eigenvalue weighted by atomic mass is 10.0. The van der Waals surface area contributed by atoms with E-state index in [2.05, 4.69) is 26.1 Å². The van der Waals surface area contributed by atoms with E-state index in [0.29, 0.717) is 29.2 Å². The summed E-state index contributed by atoms with van der Waals surface area (Å²) in [5, 5.41) is 14.2. The van der Waals surface area contributed by atoms with Gasteiger partial charge in [-0.25, -0.2) is 14.6 Å². The van der Waals surface area contributed by atoms with Crippen LogP contribution >= 0.6 is 0 Å². The smallest absolute Gasteiger partial charge is 0.254 e. The molecule has 9 heteroatoms. The van der Waals surface area contributed by atoms with Crippen molar-refractivity contribution in [3.63, 3.8) is 0 Å². The zero-order chi connectivity index (χ0) is 22.9. The molecular weight excluding hydrogens is 416 g/mol. The number of nitrogens with zero attached hydrogens (tertiary/aromatic N) is 7. The summed E-state index contributed by atoms with van der Waals surface area (Å²) in [5.41, 5.74) is 9.28. The minimum absolute atomic E-state index is 0.126. The number of hydrogen-bond donors (Lipinski definition) is 1. The summed E-state index contributed by atoms with van der Waals surface area (Å²) < 4.78 is 1.86. The number of amides is 1. The van der Waals surface area contributed by atoms with Gasteiger partial charge in [0.25, 0.3) is 5.91 Å². The lowest BCUT2D eigenvalue weighted by molar-refractivity contribution is 0.0608. The molecular formula is C24H22N8O. The van der Waals surface area contributed by atoms with Gasteiger partial charge in [-0.05, 0) is 61.7 Å². The number of hydrogen-bond acceptors (Lipinski definition) is 7. The fourth-order valence-corrected chi connectivity index (χ4v) is 4.24. The van der Waals surface area contributed by atoms with E-state index in [1.54, 1.807) is 23.1 Å². The Kier molecular flexibility index (Phi) is 5.18. The Morgan fingerprint density at radius 1 is 1.27 bits per heavy atom. The first-order valence-electron chi connectivity index (χ1n) is 10.7. The van der Waals surface area contributed by atoms with Crippen molar-refractivity contribution in [2.24, 2.45) is 0 Å². The van der Waals surface area contributed by atoms with Crippen LogP contribution in [0.4, 0.5) is 5.82 Å². The number of benzene rings is 1. The molecule has 1 amide bonds. The van der Waals surface area contributed by atoms with Gasteiger partial charge in [0.1, 0.15) is 24.0 Å². The quantitative estimate of drug-likeness (QED) is 0.518. The zero-order valence-corrected chi connectivity index (χ0v) is 18.1. The lowest BCUT2D eigenvalue weighted by Gasteiger charge is -2.33. The van der Waals surface area contributed by atoms with Crippen LogP contribution in [0.2, 0.25) is 0 Å². The summed E-state index contributed by atoms with van der Waals surface area (Å²) in [4.78, 5) is 28.9. The van der Waals surface area contributed by atoms with E-state index < -0.39 is 0 Å². The van der Waals surface area contributed by atoms with Crippen LogP contribution in [-0.2, 0) is 13.1 Å². The molecule has 0 aliphatic carbocycles. The molecule has 4 heterocycles. The molecule has 1 atom stereocenters. The number of carbonyl (C=O) groups is 1. The first-order chi connectivity index (χ1) is 16.0. The normalized spacial score (nSPS) is 15.1. The van der Waals surface area contributed by atoms with E-state index in [4.69, 9.17) is 11.0 Å². The first kappa shape index (κ1) is 20.6. The third-order valence-corrected chi connectivity index (χ3v) is 6.01. The van der Waals surface area contributed by atoms with Crippen LogP contribution in [0.5, 0.6) is 0 Å². The topological polar surface area (TPSA) is 127 Å². The van der Waals surface area contributed by atoms with Crippen molar-refractivity contribution in [3.05, 3.63) is 77.1 Å². The molecule has 9 nitrogen and oxygen atoms in total. The van der Waals surface area contributed by atoms with Crippen LogP contribution in [0.25, 0.3) is 10.9 Å². The van der Waals surface area contributed by atoms with Crippen LogP contribution < -0.4 is 5.73 Å². The van der Waals surface area contributed by atoms with Crippen LogP contribution in [0.1, 0.15) is 51.9 Å². The Balaban J connectivity index is 1.55. The first-order valence-corrected chi connectivity index (χ1v) is 10.7. The van der Waals surface area contributed by atoms with Crippen LogP contribution in [0, 0.1) is 18.3 Å². The van der Waals surface area contributed by atoms with Crippen molar-refractivity contribution < 1.29 is 4.79 Å². The van der Waals surface area contributed by atoms with Gasteiger partial charge < -0.3 is 10.6 Å². The number of aryl methyl sites for hydroxylation is 2. The molecule has 1 aliphatic rings. The van der Waals surface area contributed by atoms with Gasteiger partial charge in [0.2, 0.25) is 0 Å². The van der Waals surface area contributed by atoms with Crippen molar-refractivity contribution in [2.75, 3.05) is 5.73 Å². The lowest BCUT2D eigenvalue weighted by Crippen LogP contribution is -2.38. The Hall–Kier alpha value is -4.32. The van der Waals surface area contributed by atoms with Gasteiger partial charge in [0.05, 0.1) is 29.4 Å². The van der Waals surface area contributed by atoms with Gasteiger partial charge in [-0.3, -0.25) is 9.78 Å². The molecule has 1 aliphatic heterocycles. The molecule has 0 fully saturated rings. The van der Waals surface area contributed by atoms with Gasteiger partial charge in [-0.2, -0.15) is 10.4 Å². The average molecular weight is 438 g/mol. The van der Waals surface area contributed by atoms with E-state index in [-0.39, 0.29) is 11.9 Å². The Labute approximate surface area is 190 Å². The Bertz CT molecular complexity index is 1390. The van der Waals surface area contributed by atoms with Gasteiger partial charge in [0, 0.05) is 23.7 Å². The minimum Gasteiger partial charge on any atom is -0.383 e. The molecule has 0 radical (unpaired) electrons. The van der Waals surface area contributed by atoms with Crippen molar-refractivity contribution in [1.82, 2.24) is 29.6 Å². The molecule has 0 spiro atoms. The number of aromatic nitrogens is 5. The van der Waals surface area contributed by atoms with Crippen molar-refractivity contribution in [2.45, 2.75) is 38.9 Å². The summed E-state index contributed by atoms with van der Waals surface area (Å²) in [7, 11) is 0. The number of nitriles is 1. The van der Waals surface area contributed by atoms with E-state index in [1.165, 1.54) is 12.5 Å². The minimum atomic E-state index is -0.229. The second-order valence-electron chi connectivity index (χ2n) is 8.18. The number of fused-ring (bicyclic) bond motifs is 2. The van der Waals surface area contributed by atoms with E-state index in [0.717, 1.165) is 41.7 Å². The highest BCUT2D eigenvalue weighted by molar-refractivity contribution is 5.98. The summed E-state index contributed by atoms with van der Waals surface area (Å²) in [6, 6.07) is 12.7. The summed E-state index contributed by atoms with van der Waals surface area (Å²) >= 11 is 0. The third-order valence-electron chi connectivity index (χ3n) is 6.01. The highest BCUT2D eigenvalue weighted by Gasteiger charge is 2.32. The molecule has 3 aromatic heterocycles. The highest BCUT2D eigenvalue weighted by Crippen LogP contribution is 2.31. The monoisotopic (exact) mass is 438 g/mol. The van der Waals surface area contributed by atoms with Crippen molar-refractivity contribution in [1.29, 1.82) is 5.26 Å². The van der Waals surface area contributed by atoms with Gasteiger partial charge >= 0.3 is 0 Å². The standard InChI is InChI=1S/C24H22N8O/c1-15-9-18-10-17(5-7-20(18)30-22(15)26)24(33)31(13-19-6-4-16(11-25)12-27-19)21-3-2-8-32-23(21)28-14-29-32/h4-7,9-10,12,14,21H,2-3,8,13H2,1H3,(H2,26,30)/t21-/m1/s1. The molecule has 33 heavy (non-hydrogen) atoms. The number of nitrogen functional groups attached to an aromatic ring is 1. The maximum Gasteiger partial charge on any atom is 0.254 e. The van der Waals surface area contributed by atoms with E-state index in [9.17, 15) is 4.79 Å². The Morgan fingerprint density at radius 2 is 2.15 bits per heavy atom. The molecule has 164 valence electrons. The Morgan fingerprint density at radius 3 is 2.94 bits per heavy atom. The van der Waals surface area contributed by atoms with Gasteiger partial charge in [-0.15, -0.1) is 0 Å². The average Bonchev–Trinajstić information content (AvgIpc) is 3.32. The molecule has 5 rings (SSSR count). The largest absolute Gasteiger partial charge is 0.383 e. The highest BCUT2D eigenvalue weighted by atomic mass is 16.2. The predicted octanol–water partition coefficient (Wildman–Crippen LogP) is 3.16. The second kappa shape index (κ2) is 8.31. The van der Waals surface area contributed by atoms with Gasteiger partial charge in [0.15, 0.2) is 0 Å². The SMILES string of the molecule is Cc1cc2cc(C(=O)N(Cc3ccc(C#N)cn3)[C@@H]3CCCn4ncnc43)ccc2nc1N. The maximum atomic E-state index is 13.8. The van der Waals surface area contributed by atoms with E-state index in [1.807, 2.05) is 29.8 Å². The summed E-state index contributed by atoms with van der Waals surface area (Å²) in [5.74, 6) is 1.13. The number of rotatable bonds is 4. The second-order valence-corrected chi connectivity index (χ2v) is 8.18. The number of anilines is 1. The molecule has 0 unspecified atom stereocenters. The molecule has 4 aromatic rings. The number of pyridine rings is 2. The van der Waals surface area contributed by atoms with Crippen LogP contribution in [0.3, 0.4) is 0 Å². The van der Waals surface area contributed by atoms with Crippen molar-refractivity contribution in [3.8, 4) is 6.07 Å². The van der Waals surface area contributed by atoms with Crippen LogP contribution in [-0.4, -0.2) is 35.5 Å². The zero-order valence-electron chi connectivity index (χ0n) is 18.1. The summed E-state index contributed by atoms with van der Waals surface area (Å²) in [6.45, 7) is 2.97. The fourth-order valence-electron chi connectivity index (χ4n) is 4.24. The summed E-state index contributed by atoms with van der Waals surface area (Å²) in [6.07, 6.45) is 4.73. The third kappa shape index (κ3) is 3.87. The molecule has 2 N–H and O–H groups in total. The molecule has 0 bridgehead atoms. The van der Waals surface area contributed by atoms with Crippen LogP contribution in [0.15, 0.2) is 48.9 Å². The van der Waals surface area contributed by atoms with Crippen molar-refractivity contribution >= 4 is 22.6 Å². The van der Waals surface area contributed by atoms with Gasteiger partial charge in [-0.1, -0.05) is 0 Å². The fraction of sp³-hybridized carbons (Fsp3) is 0.250. The molecule has 0 saturated carbocycles. The molecule has 0 saturated heterocycles. The molecule has 1 aromatic carbocycles. The predicted molar refractivity (Wildman–Crippen MR) is 122 cm³/mol. The number of nitrogens with two attached hydrogens (primary N) is 1.